The monoisotopic (exact) mass is 909 g/mol. The Morgan fingerprint density at radius 3 is 0.923 bits per heavy atom. The number of ether oxygens (including phenoxy) is 3. The van der Waals surface area contributed by atoms with Gasteiger partial charge >= 0.3 is 17.9 Å². The van der Waals surface area contributed by atoms with E-state index in [1.807, 2.05) is 24.3 Å². The molecule has 0 aliphatic carbocycles. The molecule has 0 aromatic carbocycles. The summed E-state index contributed by atoms with van der Waals surface area (Å²) in [6, 6.07) is 0. The van der Waals surface area contributed by atoms with Crippen LogP contribution in [0.1, 0.15) is 278 Å². The minimum absolute atomic E-state index is 0.0788. The number of allylic oxidation sites excluding steroid dienone is 10. The lowest BCUT2D eigenvalue weighted by Gasteiger charge is -2.18. The quantitative estimate of drug-likeness (QED) is 0.0262. The Morgan fingerprint density at radius 1 is 0.308 bits per heavy atom. The average Bonchev–Trinajstić information content (AvgIpc) is 3.30. The lowest BCUT2D eigenvalue weighted by molar-refractivity contribution is -0.167. The van der Waals surface area contributed by atoms with Crippen LogP contribution in [0.15, 0.2) is 60.8 Å². The van der Waals surface area contributed by atoms with Crippen LogP contribution < -0.4 is 0 Å². The zero-order valence-corrected chi connectivity index (χ0v) is 43.0. The summed E-state index contributed by atoms with van der Waals surface area (Å²) in [7, 11) is 0. The minimum atomic E-state index is -0.781. The maximum atomic E-state index is 12.8. The van der Waals surface area contributed by atoms with Gasteiger partial charge in [0.1, 0.15) is 13.2 Å². The Bertz CT molecular complexity index is 1180. The highest BCUT2D eigenvalue weighted by molar-refractivity contribution is 5.71. The van der Waals surface area contributed by atoms with Gasteiger partial charge < -0.3 is 14.2 Å². The van der Waals surface area contributed by atoms with Crippen molar-refractivity contribution in [1.29, 1.82) is 0 Å². The number of carbonyl (C=O) groups is 3. The Morgan fingerprint density at radius 2 is 0.585 bits per heavy atom. The maximum Gasteiger partial charge on any atom is 0.306 e. The van der Waals surface area contributed by atoms with E-state index in [4.69, 9.17) is 14.2 Å². The smallest absolute Gasteiger partial charge is 0.306 e. The SMILES string of the molecule is CCC\C=C/C=C\C=C/C=C\C=C/CCCCCCCC(=O)OCC(COC(=O)CCCCCCCCCCCCCCCC)OC(=O)CCCCCCCCCCCCCCCCC. The van der Waals surface area contributed by atoms with Crippen LogP contribution in [0.3, 0.4) is 0 Å². The van der Waals surface area contributed by atoms with E-state index in [-0.39, 0.29) is 31.1 Å². The van der Waals surface area contributed by atoms with Gasteiger partial charge in [-0.25, -0.2) is 0 Å². The van der Waals surface area contributed by atoms with Crippen molar-refractivity contribution in [1.82, 2.24) is 0 Å². The first kappa shape index (κ1) is 62.1. The molecule has 0 aliphatic heterocycles. The predicted octanol–water partition coefficient (Wildman–Crippen LogP) is 18.4. The van der Waals surface area contributed by atoms with E-state index in [0.29, 0.717) is 19.3 Å². The van der Waals surface area contributed by atoms with Gasteiger partial charge in [-0.05, 0) is 38.5 Å². The predicted molar refractivity (Wildman–Crippen MR) is 279 cm³/mol. The van der Waals surface area contributed by atoms with E-state index >= 15 is 0 Å². The highest BCUT2D eigenvalue weighted by Crippen LogP contribution is 2.16. The summed E-state index contributed by atoms with van der Waals surface area (Å²) in [4.78, 5) is 38.1. The van der Waals surface area contributed by atoms with Gasteiger partial charge in [-0.3, -0.25) is 14.4 Å². The summed E-state index contributed by atoms with van der Waals surface area (Å²) in [5, 5.41) is 0. The molecule has 0 spiro atoms. The summed E-state index contributed by atoms with van der Waals surface area (Å²) < 4.78 is 16.8. The van der Waals surface area contributed by atoms with E-state index in [9.17, 15) is 14.4 Å². The topological polar surface area (TPSA) is 78.9 Å². The van der Waals surface area contributed by atoms with E-state index in [2.05, 4.69) is 57.2 Å². The highest BCUT2D eigenvalue weighted by Gasteiger charge is 2.19. The molecule has 0 fully saturated rings. The Kier molecular flexibility index (Phi) is 51.3. The van der Waals surface area contributed by atoms with Gasteiger partial charge in [0, 0.05) is 19.3 Å². The third-order valence-electron chi connectivity index (χ3n) is 12.1. The molecule has 1 unspecified atom stereocenters. The molecule has 0 N–H and O–H groups in total. The van der Waals surface area contributed by atoms with Gasteiger partial charge in [0.25, 0.3) is 0 Å². The maximum absolute atomic E-state index is 12.8. The van der Waals surface area contributed by atoms with Gasteiger partial charge in [-0.15, -0.1) is 0 Å². The third-order valence-corrected chi connectivity index (χ3v) is 12.1. The van der Waals surface area contributed by atoms with Crippen LogP contribution in [-0.2, 0) is 28.6 Å². The molecule has 376 valence electrons. The van der Waals surface area contributed by atoms with Gasteiger partial charge in [0.05, 0.1) is 0 Å². The lowest BCUT2D eigenvalue weighted by atomic mass is 10.0. The standard InChI is InChI=1S/C59H104O6/c1-4-7-10-13-16-19-22-25-28-29-30-32-34-37-40-43-46-49-52-58(61)64-55-56(54-63-57(60)51-48-45-42-39-36-33-27-24-21-18-15-12-9-6-3)65-59(62)53-50-47-44-41-38-35-31-26-23-20-17-14-11-8-5-2/h10,13,16,19,22,25,28-30,32,56H,4-9,11-12,14-15,17-18,20-21,23-24,26-27,31,33-55H2,1-3H3/b13-10-,19-16-,25-22-,29-28-,32-30-. The van der Waals surface area contributed by atoms with Crippen molar-refractivity contribution < 1.29 is 28.6 Å². The lowest BCUT2D eigenvalue weighted by Crippen LogP contribution is -2.30. The molecule has 6 nitrogen and oxygen atoms in total. The molecule has 0 aliphatic rings. The van der Waals surface area contributed by atoms with Crippen molar-refractivity contribution in [2.24, 2.45) is 0 Å². The number of hydrogen-bond donors (Lipinski definition) is 0. The fourth-order valence-corrected chi connectivity index (χ4v) is 7.94. The molecule has 0 saturated carbocycles. The first-order valence-corrected chi connectivity index (χ1v) is 27.9. The minimum Gasteiger partial charge on any atom is -0.462 e. The van der Waals surface area contributed by atoms with E-state index < -0.39 is 6.10 Å². The molecule has 0 aromatic rings. The highest BCUT2D eigenvalue weighted by atomic mass is 16.6. The van der Waals surface area contributed by atoms with E-state index in [1.165, 1.54) is 154 Å². The number of rotatable bonds is 50. The second kappa shape index (κ2) is 53.7. The van der Waals surface area contributed by atoms with Crippen LogP contribution >= 0.6 is 0 Å². The van der Waals surface area contributed by atoms with Crippen molar-refractivity contribution in [3.63, 3.8) is 0 Å². The third kappa shape index (κ3) is 51.9. The zero-order chi connectivity index (χ0) is 47.2. The molecule has 0 aromatic heterocycles. The molecule has 65 heavy (non-hydrogen) atoms. The summed E-state index contributed by atoms with van der Waals surface area (Å²) in [5.74, 6) is -0.892. The van der Waals surface area contributed by atoms with Crippen molar-refractivity contribution in [3.8, 4) is 0 Å². The molecule has 0 bridgehead atoms. The second-order valence-corrected chi connectivity index (χ2v) is 18.6. The van der Waals surface area contributed by atoms with Gasteiger partial charge in [0.15, 0.2) is 6.10 Å². The summed E-state index contributed by atoms with van der Waals surface area (Å²) in [6.07, 6.45) is 66.2. The number of hydrogen-bond acceptors (Lipinski definition) is 6. The zero-order valence-electron chi connectivity index (χ0n) is 43.0. The average molecular weight is 909 g/mol. The van der Waals surface area contributed by atoms with Crippen LogP contribution in [-0.4, -0.2) is 37.2 Å². The van der Waals surface area contributed by atoms with Crippen molar-refractivity contribution in [2.45, 2.75) is 284 Å². The van der Waals surface area contributed by atoms with Crippen LogP contribution in [0.4, 0.5) is 0 Å². The largest absolute Gasteiger partial charge is 0.462 e. The van der Waals surface area contributed by atoms with Crippen molar-refractivity contribution in [2.75, 3.05) is 13.2 Å². The van der Waals surface area contributed by atoms with Gasteiger partial charge in [0.2, 0.25) is 0 Å². The molecular formula is C59H104O6. The van der Waals surface area contributed by atoms with E-state index in [1.54, 1.807) is 0 Å². The van der Waals surface area contributed by atoms with Crippen LogP contribution in [0, 0.1) is 0 Å². The van der Waals surface area contributed by atoms with Gasteiger partial charge in [-0.2, -0.15) is 0 Å². The Balaban J connectivity index is 4.41. The Hall–Kier alpha value is -2.89. The van der Waals surface area contributed by atoms with Crippen LogP contribution in [0.5, 0.6) is 0 Å². The molecule has 0 saturated heterocycles. The Labute approximate surface area is 402 Å². The van der Waals surface area contributed by atoms with Crippen LogP contribution in [0.2, 0.25) is 0 Å². The molecule has 0 radical (unpaired) electrons. The fraction of sp³-hybridized carbons (Fsp3) is 0.780. The summed E-state index contributed by atoms with van der Waals surface area (Å²) >= 11 is 0. The summed E-state index contributed by atoms with van der Waals surface area (Å²) in [6.45, 7) is 6.56. The molecule has 0 rings (SSSR count). The van der Waals surface area contributed by atoms with Crippen molar-refractivity contribution >= 4 is 17.9 Å². The number of esters is 3. The molecular weight excluding hydrogens is 805 g/mol. The number of unbranched alkanes of at least 4 members (excludes halogenated alkanes) is 33. The molecule has 0 amide bonds. The van der Waals surface area contributed by atoms with E-state index in [0.717, 1.165) is 83.5 Å². The fourth-order valence-electron chi connectivity index (χ4n) is 7.94. The number of carbonyl (C=O) groups excluding carboxylic acids is 3. The second-order valence-electron chi connectivity index (χ2n) is 18.6. The van der Waals surface area contributed by atoms with Gasteiger partial charge in [-0.1, -0.05) is 281 Å². The normalized spacial score (nSPS) is 12.5. The molecule has 0 heterocycles. The van der Waals surface area contributed by atoms with Crippen molar-refractivity contribution in [3.05, 3.63) is 60.8 Å². The molecule has 1 atom stereocenters. The first-order chi connectivity index (χ1) is 32.0. The first-order valence-electron chi connectivity index (χ1n) is 27.9. The summed E-state index contributed by atoms with van der Waals surface area (Å²) in [5.41, 5.74) is 0. The van der Waals surface area contributed by atoms with Crippen LogP contribution in [0.25, 0.3) is 0 Å². The molecule has 6 heteroatoms.